The van der Waals surface area contributed by atoms with Crippen LogP contribution < -0.4 is 14.8 Å². The Labute approximate surface area is 127 Å². The molecule has 1 fully saturated rings. The van der Waals surface area contributed by atoms with Crippen molar-refractivity contribution in [2.75, 3.05) is 19.9 Å². The molecule has 1 saturated heterocycles. The second-order valence-corrected chi connectivity index (χ2v) is 7.17. The van der Waals surface area contributed by atoms with Gasteiger partial charge in [-0.1, -0.05) is 19.9 Å². The number of benzene rings is 1. The lowest BCUT2D eigenvalue weighted by atomic mass is 9.92. The molecule has 0 bridgehead atoms. The summed E-state index contributed by atoms with van der Waals surface area (Å²) in [5.41, 5.74) is 1.46. The van der Waals surface area contributed by atoms with Crippen molar-refractivity contribution >= 4 is 0 Å². The van der Waals surface area contributed by atoms with E-state index in [1.54, 1.807) is 0 Å². The van der Waals surface area contributed by atoms with Gasteiger partial charge in [0.05, 0.1) is 0 Å². The summed E-state index contributed by atoms with van der Waals surface area (Å²) in [6.07, 6.45) is 0. The first kappa shape index (κ1) is 14.7. The zero-order valence-electron chi connectivity index (χ0n) is 13.5. The number of hydrogen-bond acceptors (Lipinski definition) is 4. The quantitative estimate of drug-likeness (QED) is 0.928. The second-order valence-electron chi connectivity index (χ2n) is 7.17. The number of rotatable bonds is 3. The van der Waals surface area contributed by atoms with Crippen LogP contribution in [0.4, 0.5) is 0 Å². The van der Waals surface area contributed by atoms with Gasteiger partial charge in [-0.25, -0.2) is 0 Å². The molecule has 116 valence electrons. The summed E-state index contributed by atoms with van der Waals surface area (Å²) in [6.45, 7) is 12.6. The van der Waals surface area contributed by atoms with Crippen LogP contribution in [0.25, 0.3) is 0 Å². The maximum Gasteiger partial charge on any atom is 0.231 e. The molecule has 0 aromatic heterocycles. The highest BCUT2D eigenvalue weighted by atomic mass is 16.7. The summed E-state index contributed by atoms with van der Waals surface area (Å²) in [7, 11) is 0. The Hall–Kier alpha value is -1.26. The lowest BCUT2D eigenvalue weighted by molar-refractivity contribution is 0.0627. The molecule has 0 aliphatic carbocycles. The lowest BCUT2D eigenvalue weighted by Gasteiger charge is -2.46. The molecule has 2 aliphatic heterocycles. The lowest BCUT2D eigenvalue weighted by Crippen LogP contribution is -2.62. The molecule has 21 heavy (non-hydrogen) atoms. The van der Waals surface area contributed by atoms with E-state index in [2.05, 4.69) is 50.0 Å². The SMILES string of the molecule is CC(C)C1CNC(C)(C)CN1Cc1ccc2c(c1)OCO2. The van der Waals surface area contributed by atoms with Crippen molar-refractivity contribution < 1.29 is 9.47 Å². The van der Waals surface area contributed by atoms with Gasteiger partial charge in [0.1, 0.15) is 0 Å². The van der Waals surface area contributed by atoms with Crippen LogP contribution in [0, 0.1) is 5.92 Å². The first-order valence-electron chi connectivity index (χ1n) is 7.82. The van der Waals surface area contributed by atoms with Crippen LogP contribution in [0.2, 0.25) is 0 Å². The van der Waals surface area contributed by atoms with Crippen molar-refractivity contribution in [1.29, 1.82) is 0 Å². The molecule has 0 spiro atoms. The van der Waals surface area contributed by atoms with Crippen molar-refractivity contribution in [3.05, 3.63) is 23.8 Å². The topological polar surface area (TPSA) is 33.7 Å². The molecule has 1 N–H and O–H groups in total. The van der Waals surface area contributed by atoms with Gasteiger partial charge in [0.25, 0.3) is 0 Å². The summed E-state index contributed by atoms with van der Waals surface area (Å²) >= 11 is 0. The van der Waals surface area contributed by atoms with E-state index in [1.165, 1.54) is 5.56 Å². The van der Waals surface area contributed by atoms with Crippen LogP contribution >= 0.6 is 0 Å². The Morgan fingerprint density at radius 2 is 2.05 bits per heavy atom. The standard InChI is InChI=1S/C17H26N2O2/c1-12(2)14-8-18-17(3,4)10-19(14)9-13-5-6-15-16(7-13)21-11-20-15/h5-7,12,14,18H,8-11H2,1-4H3. The van der Waals surface area contributed by atoms with E-state index < -0.39 is 0 Å². The predicted molar refractivity (Wildman–Crippen MR) is 83.7 cm³/mol. The van der Waals surface area contributed by atoms with E-state index in [9.17, 15) is 0 Å². The number of nitrogens with zero attached hydrogens (tertiary/aromatic N) is 1. The summed E-state index contributed by atoms with van der Waals surface area (Å²) in [4.78, 5) is 2.60. The smallest absolute Gasteiger partial charge is 0.231 e. The number of nitrogens with one attached hydrogen (secondary N) is 1. The van der Waals surface area contributed by atoms with Crippen LogP contribution in [0.1, 0.15) is 33.3 Å². The van der Waals surface area contributed by atoms with Crippen LogP contribution in [-0.4, -0.2) is 36.4 Å². The molecule has 1 unspecified atom stereocenters. The maximum absolute atomic E-state index is 5.49. The molecule has 2 heterocycles. The van der Waals surface area contributed by atoms with E-state index in [0.717, 1.165) is 31.1 Å². The molecule has 4 nitrogen and oxygen atoms in total. The molecule has 2 aliphatic rings. The molecule has 4 heteroatoms. The van der Waals surface area contributed by atoms with Crippen molar-refractivity contribution in [3.63, 3.8) is 0 Å². The molecule has 3 rings (SSSR count). The molecule has 0 amide bonds. The van der Waals surface area contributed by atoms with Crippen LogP contribution in [0.15, 0.2) is 18.2 Å². The van der Waals surface area contributed by atoms with Gasteiger partial charge in [-0.3, -0.25) is 4.90 Å². The predicted octanol–water partition coefficient (Wildman–Crippen LogP) is 2.62. The highest BCUT2D eigenvalue weighted by molar-refractivity contribution is 5.44. The van der Waals surface area contributed by atoms with E-state index in [1.807, 2.05) is 6.07 Å². The average molecular weight is 290 g/mol. The summed E-state index contributed by atoms with van der Waals surface area (Å²) in [5.74, 6) is 2.38. The minimum absolute atomic E-state index is 0.168. The first-order chi connectivity index (χ1) is 9.94. The van der Waals surface area contributed by atoms with Gasteiger partial charge in [0.2, 0.25) is 6.79 Å². The van der Waals surface area contributed by atoms with Crippen LogP contribution in [0.5, 0.6) is 11.5 Å². The minimum Gasteiger partial charge on any atom is -0.454 e. The van der Waals surface area contributed by atoms with E-state index >= 15 is 0 Å². The average Bonchev–Trinajstić information content (AvgIpc) is 2.84. The molecule has 1 atom stereocenters. The summed E-state index contributed by atoms with van der Waals surface area (Å²) in [5, 5.41) is 3.66. The van der Waals surface area contributed by atoms with Crippen LogP contribution in [-0.2, 0) is 6.54 Å². The number of fused-ring (bicyclic) bond motifs is 1. The minimum atomic E-state index is 0.168. The molecule has 0 saturated carbocycles. The molecule has 1 aromatic carbocycles. The maximum atomic E-state index is 5.49. The van der Waals surface area contributed by atoms with Gasteiger partial charge in [-0.05, 0) is 37.5 Å². The Bertz CT molecular complexity index is 514. The highest BCUT2D eigenvalue weighted by Gasteiger charge is 2.33. The van der Waals surface area contributed by atoms with E-state index in [-0.39, 0.29) is 5.54 Å². The van der Waals surface area contributed by atoms with Gasteiger partial charge in [0, 0.05) is 31.2 Å². The zero-order valence-corrected chi connectivity index (χ0v) is 13.5. The third-order valence-electron chi connectivity index (χ3n) is 4.45. The van der Waals surface area contributed by atoms with Gasteiger partial charge in [-0.15, -0.1) is 0 Å². The Kier molecular flexibility index (Phi) is 3.84. The zero-order chi connectivity index (χ0) is 15.0. The highest BCUT2D eigenvalue weighted by Crippen LogP contribution is 2.33. The molecular formula is C17H26N2O2. The normalized spacial score (nSPS) is 24.5. The van der Waals surface area contributed by atoms with Crippen molar-refractivity contribution in [1.82, 2.24) is 10.2 Å². The summed E-state index contributed by atoms with van der Waals surface area (Å²) < 4.78 is 10.9. The van der Waals surface area contributed by atoms with Crippen molar-refractivity contribution in [2.45, 2.75) is 45.8 Å². The Morgan fingerprint density at radius 1 is 1.29 bits per heavy atom. The van der Waals surface area contributed by atoms with E-state index in [4.69, 9.17) is 9.47 Å². The number of piperazine rings is 1. The van der Waals surface area contributed by atoms with Crippen molar-refractivity contribution in [2.24, 2.45) is 5.92 Å². The second kappa shape index (κ2) is 5.50. The number of ether oxygens (including phenoxy) is 2. The molecule has 0 radical (unpaired) electrons. The van der Waals surface area contributed by atoms with Gasteiger partial charge >= 0.3 is 0 Å². The van der Waals surface area contributed by atoms with Crippen molar-refractivity contribution in [3.8, 4) is 11.5 Å². The third-order valence-corrected chi connectivity index (χ3v) is 4.45. The summed E-state index contributed by atoms with van der Waals surface area (Å²) in [6, 6.07) is 6.87. The molecule has 1 aromatic rings. The number of hydrogen-bond donors (Lipinski definition) is 1. The first-order valence-corrected chi connectivity index (χ1v) is 7.82. The monoisotopic (exact) mass is 290 g/mol. The van der Waals surface area contributed by atoms with E-state index in [0.29, 0.717) is 18.8 Å². The third kappa shape index (κ3) is 3.16. The van der Waals surface area contributed by atoms with Gasteiger partial charge in [-0.2, -0.15) is 0 Å². The van der Waals surface area contributed by atoms with Crippen LogP contribution in [0.3, 0.4) is 0 Å². The fraction of sp³-hybridized carbons (Fsp3) is 0.647. The Balaban J connectivity index is 1.77. The van der Waals surface area contributed by atoms with Gasteiger partial charge < -0.3 is 14.8 Å². The largest absolute Gasteiger partial charge is 0.454 e. The fourth-order valence-electron chi connectivity index (χ4n) is 3.30. The fourth-order valence-corrected chi connectivity index (χ4v) is 3.30. The van der Waals surface area contributed by atoms with Gasteiger partial charge in [0.15, 0.2) is 11.5 Å². The molecular weight excluding hydrogens is 264 g/mol. The Morgan fingerprint density at radius 3 is 2.81 bits per heavy atom.